The fraction of sp³-hybridized carbons (Fsp3) is 0.308. The molecule has 2 nitrogen and oxygen atoms in total. The summed E-state index contributed by atoms with van der Waals surface area (Å²) in [6, 6.07) is 5.71. The van der Waals surface area contributed by atoms with Crippen LogP contribution in [-0.2, 0) is 11.2 Å². The molecule has 0 amide bonds. The lowest BCUT2D eigenvalue weighted by atomic mass is 10.0. The average Bonchev–Trinajstić information content (AvgIpc) is 2.63. The fourth-order valence-corrected chi connectivity index (χ4v) is 2.03. The second kappa shape index (κ2) is 4.30. The lowest BCUT2D eigenvalue weighted by Crippen LogP contribution is -2.09. The molecular weight excluding hydrogens is 222 g/mol. The van der Waals surface area contributed by atoms with Gasteiger partial charge in [-0.25, -0.2) is 0 Å². The van der Waals surface area contributed by atoms with E-state index in [2.05, 4.69) is 4.98 Å². The Bertz CT molecular complexity index is 528. The molecule has 2 aromatic rings. The van der Waals surface area contributed by atoms with Crippen molar-refractivity contribution in [3.05, 3.63) is 35.0 Å². The summed E-state index contributed by atoms with van der Waals surface area (Å²) in [5.74, 6) is 0.299. The average molecular weight is 236 g/mol. The van der Waals surface area contributed by atoms with Crippen molar-refractivity contribution in [1.29, 1.82) is 0 Å². The molecule has 16 heavy (non-hydrogen) atoms. The topological polar surface area (TPSA) is 32.9 Å². The number of halogens is 1. The molecule has 84 valence electrons. The molecule has 2 rings (SSSR count). The Morgan fingerprint density at radius 2 is 2.19 bits per heavy atom. The summed E-state index contributed by atoms with van der Waals surface area (Å²) in [4.78, 5) is 14.8. The Labute approximate surface area is 99.6 Å². The van der Waals surface area contributed by atoms with E-state index >= 15 is 0 Å². The van der Waals surface area contributed by atoms with E-state index in [-0.39, 0.29) is 11.7 Å². The number of H-pyrrole nitrogens is 1. The highest BCUT2D eigenvalue weighted by atomic mass is 35.5. The van der Waals surface area contributed by atoms with Crippen LogP contribution in [0.2, 0.25) is 5.02 Å². The fourth-order valence-electron chi connectivity index (χ4n) is 1.74. The summed E-state index contributed by atoms with van der Waals surface area (Å²) in [5, 5.41) is 1.67. The van der Waals surface area contributed by atoms with Crippen LogP contribution in [0.5, 0.6) is 0 Å². The minimum Gasteiger partial charge on any atom is -0.361 e. The van der Waals surface area contributed by atoms with Crippen LogP contribution in [0.1, 0.15) is 19.4 Å². The molecule has 0 aliphatic rings. The van der Waals surface area contributed by atoms with Crippen LogP contribution >= 0.6 is 11.6 Å². The zero-order valence-corrected chi connectivity index (χ0v) is 10.1. The first kappa shape index (κ1) is 11.2. The lowest BCUT2D eigenvalue weighted by Gasteiger charge is -2.03. The summed E-state index contributed by atoms with van der Waals surface area (Å²) in [6.07, 6.45) is 2.32. The van der Waals surface area contributed by atoms with Gasteiger partial charge in [0.15, 0.2) is 0 Å². The van der Waals surface area contributed by atoms with Gasteiger partial charge in [0.2, 0.25) is 0 Å². The number of hydrogen-bond donors (Lipinski definition) is 1. The Kier molecular flexibility index (Phi) is 3.01. The molecule has 0 bridgehead atoms. The molecule has 0 aliphatic heterocycles. The van der Waals surface area contributed by atoms with Gasteiger partial charge in [0.25, 0.3) is 0 Å². The summed E-state index contributed by atoms with van der Waals surface area (Å²) < 4.78 is 0. The van der Waals surface area contributed by atoms with Crippen molar-refractivity contribution in [2.75, 3.05) is 0 Å². The van der Waals surface area contributed by atoms with Gasteiger partial charge >= 0.3 is 0 Å². The Hall–Kier alpha value is -1.28. The number of fused-ring (bicyclic) bond motifs is 1. The number of nitrogens with one attached hydrogen (secondary N) is 1. The van der Waals surface area contributed by atoms with Gasteiger partial charge in [-0.05, 0) is 17.7 Å². The van der Waals surface area contributed by atoms with Gasteiger partial charge in [0, 0.05) is 29.4 Å². The molecule has 3 heteroatoms. The first-order valence-electron chi connectivity index (χ1n) is 5.36. The van der Waals surface area contributed by atoms with Gasteiger partial charge in [-0.15, -0.1) is 0 Å². The molecule has 1 aromatic heterocycles. The van der Waals surface area contributed by atoms with E-state index in [0.717, 1.165) is 16.5 Å². The van der Waals surface area contributed by atoms with Gasteiger partial charge in [-0.2, -0.15) is 0 Å². The largest absolute Gasteiger partial charge is 0.361 e. The number of aromatic nitrogens is 1. The number of ketones is 1. The Morgan fingerprint density at radius 3 is 2.88 bits per heavy atom. The van der Waals surface area contributed by atoms with Crippen LogP contribution in [0, 0.1) is 5.92 Å². The van der Waals surface area contributed by atoms with Crippen molar-refractivity contribution in [2.45, 2.75) is 20.3 Å². The Morgan fingerprint density at radius 1 is 1.44 bits per heavy atom. The second-order valence-electron chi connectivity index (χ2n) is 4.27. The molecule has 0 spiro atoms. The first-order valence-corrected chi connectivity index (χ1v) is 5.74. The normalized spacial score (nSPS) is 11.2. The standard InChI is InChI=1S/C13H14ClNO/c1-8(2)12(16)6-9-7-15-11-5-3-4-10(14)13(9)11/h3-5,7-8,15H,6H2,1-2H3. The van der Waals surface area contributed by atoms with E-state index < -0.39 is 0 Å². The summed E-state index contributed by atoms with van der Waals surface area (Å²) in [5.41, 5.74) is 1.97. The highest BCUT2D eigenvalue weighted by Gasteiger charge is 2.13. The van der Waals surface area contributed by atoms with Gasteiger partial charge < -0.3 is 4.98 Å². The van der Waals surface area contributed by atoms with E-state index in [1.807, 2.05) is 38.2 Å². The summed E-state index contributed by atoms with van der Waals surface area (Å²) in [7, 11) is 0. The van der Waals surface area contributed by atoms with E-state index in [9.17, 15) is 4.79 Å². The third-order valence-corrected chi connectivity index (χ3v) is 3.06. The van der Waals surface area contributed by atoms with Crippen molar-refractivity contribution in [3.8, 4) is 0 Å². The molecular formula is C13H14ClNO. The van der Waals surface area contributed by atoms with Gasteiger partial charge in [0.1, 0.15) is 5.78 Å². The van der Waals surface area contributed by atoms with Crippen LogP contribution in [0.4, 0.5) is 0 Å². The number of rotatable bonds is 3. The number of benzene rings is 1. The van der Waals surface area contributed by atoms with E-state index in [0.29, 0.717) is 11.4 Å². The molecule has 0 saturated carbocycles. The molecule has 0 radical (unpaired) electrons. The first-order chi connectivity index (χ1) is 7.59. The molecule has 0 atom stereocenters. The molecule has 0 unspecified atom stereocenters. The third kappa shape index (κ3) is 1.98. The predicted molar refractivity (Wildman–Crippen MR) is 66.9 cm³/mol. The molecule has 1 aromatic carbocycles. The number of hydrogen-bond acceptors (Lipinski definition) is 1. The minimum absolute atomic E-state index is 0.0624. The van der Waals surface area contributed by atoms with Crippen molar-refractivity contribution in [3.63, 3.8) is 0 Å². The Balaban J connectivity index is 2.42. The molecule has 1 heterocycles. The highest BCUT2D eigenvalue weighted by molar-refractivity contribution is 6.35. The van der Waals surface area contributed by atoms with Gasteiger partial charge in [-0.3, -0.25) is 4.79 Å². The van der Waals surface area contributed by atoms with Crippen molar-refractivity contribution in [2.24, 2.45) is 5.92 Å². The quantitative estimate of drug-likeness (QED) is 0.867. The third-order valence-electron chi connectivity index (χ3n) is 2.75. The predicted octanol–water partition coefficient (Wildman–Crippen LogP) is 3.59. The SMILES string of the molecule is CC(C)C(=O)Cc1c[nH]c2cccc(Cl)c12. The minimum atomic E-state index is 0.0624. The van der Waals surface area contributed by atoms with Gasteiger partial charge in [-0.1, -0.05) is 31.5 Å². The number of carbonyl (C=O) groups is 1. The monoisotopic (exact) mass is 235 g/mol. The molecule has 0 aliphatic carbocycles. The molecule has 0 saturated heterocycles. The maximum Gasteiger partial charge on any atom is 0.139 e. The number of carbonyl (C=O) groups excluding carboxylic acids is 1. The number of aromatic amines is 1. The summed E-state index contributed by atoms with van der Waals surface area (Å²) in [6.45, 7) is 3.83. The van der Waals surface area contributed by atoms with Crippen molar-refractivity contribution < 1.29 is 4.79 Å². The van der Waals surface area contributed by atoms with Crippen LogP contribution in [0.15, 0.2) is 24.4 Å². The second-order valence-corrected chi connectivity index (χ2v) is 4.68. The van der Waals surface area contributed by atoms with Crippen LogP contribution in [-0.4, -0.2) is 10.8 Å². The van der Waals surface area contributed by atoms with Gasteiger partial charge in [0.05, 0.1) is 5.02 Å². The maximum atomic E-state index is 11.7. The van der Waals surface area contributed by atoms with E-state index in [4.69, 9.17) is 11.6 Å². The maximum absolute atomic E-state index is 11.7. The zero-order valence-electron chi connectivity index (χ0n) is 9.38. The number of Topliss-reactive ketones (excluding diaryl/α,β-unsaturated/α-hetero) is 1. The smallest absolute Gasteiger partial charge is 0.139 e. The van der Waals surface area contributed by atoms with Crippen LogP contribution < -0.4 is 0 Å². The van der Waals surface area contributed by atoms with Crippen LogP contribution in [0.25, 0.3) is 10.9 Å². The van der Waals surface area contributed by atoms with E-state index in [1.54, 1.807) is 0 Å². The van der Waals surface area contributed by atoms with E-state index in [1.165, 1.54) is 0 Å². The zero-order chi connectivity index (χ0) is 11.7. The van der Waals surface area contributed by atoms with Crippen LogP contribution in [0.3, 0.4) is 0 Å². The van der Waals surface area contributed by atoms with Crippen molar-refractivity contribution >= 4 is 28.3 Å². The van der Waals surface area contributed by atoms with Crippen molar-refractivity contribution in [1.82, 2.24) is 4.98 Å². The molecule has 0 fully saturated rings. The summed E-state index contributed by atoms with van der Waals surface area (Å²) >= 11 is 6.14. The lowest BCUT2D eigenvalue weighted by molar-refractivity contribution is -0.121. The highest BCUT2D eigenvalue weighted by Crippen LogP contribution is 2.27. The molecule has 1 N–H and O–H groups in total.